The monoisotopic (exact) mass is 393 g/mol. The summed E-state index contributed by atoms with van der Waals surface area (Å²) in [5, 5.41) is 18.1. The molecule has 2 N–H and O–H groups in total. The van der Waals surface area contributed by atoms with E-state index in [-0.39, 0.29) is 17.3 Å². The van der Waals surface area contributed by atoms with Gasteiger partial charge in [0.25, 0.3) is 0 Å². The summed E-state index contributed by atoms with van der Waals surface area (Å²) in [6.45, 7) is 3.85. The molecule has 140 valence electrons. The van der Waals surface area contributed by atoms with E-state index in [2.05, 4.69) is 30.6 Å². The summed E-state index contributed by atoms with van der Waals surface area (Å²) < 4.78 is 0.988. The largest absolute Gasteiger partial charge is 0.354 e. The molecule has 4 rings (SSSR count). The quantitative estimate of drug-likeness (QED) is 0.376. The number of aryl methyl sites for hydroxylation is 2. The van der Waals surface area contributed by atoms with Gasteiger partial charge in [0.2, 0.25) is 11.6 Å². The van der Waals surface area contributed by atoms with Crippen LogP contribution in [0.3, 0.4) is 0 Å². The number of nitrogens with zero attached hydrogens (tertiary/aromatic N) is 5. The van der Waals surface area contributed by atoms with Gasteiger partial charge in [-0.2, -0.15) is 0 Å². The third kappa shape index (κ3) is 3.45. The van der Waals surface area contributed by atoms with Crippen molar-refractivity contribution in [3.8, 4) is 0 Å². The molecule has 0 spiro atoms. The molecule has 9 nitrogen and oxygen atoms in total. The van der Waals surface area contributed by atoms with E-state index in [1.54, 1.807) is 12.3 Å². The lowest BCUT2D eigenvalue weighted by Crippen LogP contribution is -2.06. The van der Waals surface area contributed by atoms with Crippen molar-refractivity contribution in [2.75, 3.05) is 10.6 Å². The first-order valence-electron chi connectivity index (χ1n) is 8.33. The SMILES string of the molecule is Cc1ccc2nc(Nc3ncnc(Nc4ncccc4C)c3[N+](=O)[O-])sc2c1. The molecule has 0 saturated heterocycles. The maximum atomic E-state index is 11.7. The lowest BCUT2D eigenvalue weighted by Gasteiger charge is -2.09. The Hall–Kier alpha value is -3.66. The van der Waals surface area contributed by atoms with Gasteiger partial charge in [0, 0.05) is 6.20 Å². The summed E-state index contributed by atoms with van der Waals surface area (Å²) in [5.41, 5.74) is 2.50. The number of nitrogens with one attached hydrogen (secondary N) is 2. The van der Waals surface area contributed by atoms with E-state index in [4.69, 9.17) is 0 Å². The van der Waals surface area contributed by atoms with Crippen molar-refractivity contribution in [1.82, 2.24) is 19.9 Å². The average molecular weight is 393 g/mol. The van der Waals surface area contributed by atoms with Gasteiger partial charge in [-0.3, -0.25) is 10.1 Å². The number of pyridine rings is 1. The van der Waals surface area contributed by atoms with Crippen LogP contribution < -0.4 is 10.6 Å². The van der Waals surface area contributed by atoms with Crippen LogP contribution in [0.15, 0.2) is 42.9 Å². The summed E-state index contributed by atoms with van der Waals surface area (Å²) in [4.78, 5) is 28.0. The molecule has 0 amide bonds. The van der Waals surface area contributed by atoms with Gasteiger partial charge in [0.15, 0.2) is 5.13 Å². The molecule has 0 saturated carbocycles. The van der Waals surface area contributed by atoms with Crippen molar-refractivity contribution >= 4 is 49.8 Å². The van der Waals surface area contributed by atoms with Gasteiger partial charge in [0.05, 0.1) is 15.1 Å². The zero-order valence-electron chi connectivity index (χ0n) is 15.0. The molecule has 0 aliphatic carbocycles. The van der Waals surface area contributed by atoms with Crippen LogP contribution in [0.5, 0.6) is 0 Å². The number of nitro groups is 1. The summed E-state index contributed by atoms with van der Waals surface area (Å²) in [7, 11) is 0. The van der Waals surface area contributed by atoms with Gasteiger partial charge < -0.3 is 10.6 Å². The Kier molecular flexibility index (Phi) is 4.53. The van der Waals surface area contributed by atoms with Crippen LogP contribution in [0.4, 0.5) is 28.3 Å². The molecule has 0 aliphatic rings. The first-order chi connectivity index (χ1) is 13.5. The fourth-order valence-corrected chi connectivity index (χ4v) is 3.61. The first kappa shape index (κ1) is 17.7. The van der Waals surface area contributed by atoms with E-state index in [1.807, 2.05) is 38.1 Å². The van der Waals surface area contributed by atoms with Crippen molar-refractivity contribution in [1.29, 1.82) is 0 Å². The van der Waals surface area contributed by atoms with Crippen molar-refractivity contribution in [2.24, 2.45) is 0 Å². The number of fused-ring (bicyclic) bond motifs is 1. The topological polar surface area (TPSA) is 119 Å². The van der Waals surface area contributed by atoms with E-state index in [9.17, 15) is 10.1 Å². The minimum Gasteiger partial charge on any atom is -0.319 e. The Labute approximate surface area is 163 Å². The van der Waals surface area contributed by atoms with Gasteiger partial charge >= 0.3 is 5.69 Å². The third-order valence-electron chi connectivity index (χ3n) is 4.02. The molecule has 0 atom stereocenters. The number of anilines is 4. The summed E-state index contributed by atoms with van der Waals surface area (Å²) in [6.07, 6.45) is 2.86. The maximum absolute atomic E-state index is 11.7. The number of aromatic nitrogens is 4. The molecule has 0 radical (unpaired) electrons. The Morgan fingerprint density at radius 2 is 1.82 bits per heavy atom. The van der Waals surface area contributed by atoms with Crippen LogP contribution in [-0.2, 0) is 0 Å². The van der Waals surface area contributed by atoms with Crippen molar-refractivity contribution < 1.29 is 4.92 Å². The number of rotatable bonds is 5. The Morgan fingerprint density at radius 1 is 1.04 bits per heavy atom. The Bertz CT molecular complexity index is 1190. The van der Waals surface area contributed by atoms with E-state index >= 15 is 0 Å². The average Bonchev–Trinajstić information content (AvgIpc) is 3.05. The maximum Gasteiger partial charge on any atom is 0.354 e. The summed E-state index contributed by atoms with van der Waals surface area (Å²) >= 11 is 1.40. The van der Waals surface area contributed by atoms with Crippen LogP contribution in [-0.4, -0.2) is 24.9 Å². The van der Waals surface area contributed by atoms with E-state index in [1.165, 1.54) is 17.7 Å². The lowest BCUT2D eigenvalue weighted by molar-refractivity contribution is -0.383. The minimum atomic E-state index is -0.527. The number of hydrogen-bond acceptors (Lipinski definition) is 9. The molecule has 1 aromatic carbocycles. The molecular formula is C18H15N7O2S. The van der Waals surface area contributed by atoms with Crippen LogP contribution in [0, 0.1) is 24.0 Å². The highest BCUT2D eigenvalue weighted by molar-refractivity contribution is 7.22. The van der Waals surface area contributed by atoms with Crippen molar-refractivity contribution in [3.63, 3.8) is 0 Å². The number of benzene rings is 1. The minimum absolute atomic E-state index is 0.0567. The van der Waals surface area contributed by atoms with Gasteiger partial charge in [-0.25, -0.2) is 19.9 Å². The van der Waals surface area contributed by atoms with Crippen LogP contribution >= 0.6 is 11.3 Å². The number of thiazole rings is 1. The molecule has 28 heavy (non-hydrogen) atoms. The summed E-state index contributed by atoms with van der Waals surface area (Å²) in [5.74, 6) is 0.610. The molecule has 0 aliphatic heterocycles. The normalized spacial score (nSPS) is 10.8. The molecule has 0 unspecified atom stereocenters. The predicted octanol–water partition coefficient (Wildman–Crippen LogP) is 4.49. The van der Waals surface area contributed by atoms with Crippen molar-refractivity contribution in [2.45, 2.75) is 13.8 Å². The predicted molar refractivity (Wildman–Crippen MR) is 109 cm³/mol. The summed E-state index contributed by atoms with van der Waals surface area (Å²) in [6, 6.07) is 9.54. The lowest BCUT2D eigenvalue weighted by atomic mass is 10.2. The van der Waals surface area contributed by atoms with E-state index in [0.717, 1.165) is 21.3 Å². The first-order valence-corrected chi connectivity index (χ1v) is 9.15. The second kappa shape index (κ2) is 7.16. The highest BCUT2D eigenvalue weighted by Crippen LogP contribution is 2.35. The second-order valence-corrected chi connectivity index (χ2v) is 7.12. The van der Waals surface area contributed by atoms with Gasteiger partial charge in [-0.1, -0.05) is 23.5 Å². The van der Waals surface area contributed by atoms with Crippen LogP contribution in [0.1, 0.15) is 11.1 Å². The van der Waals surface area contributed by atoms with Crippen LogP contribution in [0.25, 0.3) is 10.2 Å². The Morgan fingerprint density at radius 3 is 2.57 bits per heavy atom. The van der Waals surface area contributed by atoms with Crippen LogP contribution in [0.2, 0.25) is 0 Å². The molecule has 4 aromatic rings. The zero-order chi connectivity index (χ0) is 19.7. The fourth-order valence-electron chi connectivity index (χ4n) is 2.65. The Balaban J connectivity index is 1.72. The molecule has 0 bridgehead atoms. The molecule has 0 fully saturated rings. The van der Waals surface area contributed by atoms with Gasteiger partial charge in [-0.05, 0) is 43.2 Å². The molecule has 3 heterocycles. The van der Waals surface area contributed by atoms with Gasteiger partial charge in [-0.15, -0.1) is 0 Å². The number of hydrogen-bond donors (Lipinski definition) is 2. The molecule has 3 aromatic heterocycles. The molecule has 10 heteroatoms. The van der Waals surface area contributed by atoms with Crippen molar-refractivity contribution in [3.05, 3.63) is 64.1 Å². The molecular weight excluding hydrogens is 378 g/mol. The fraction of sp³-hybridized carbons (Fsp3) is 0.111. The van der Waals surface area contributed by atoms with E-state index in [0.29, 0.717) is 10.9 Å². The van der Waals surface area contributed by atoms with Gasteiger partial charge in [0.1, 0.15) is 12.1 Å². The second-order valence-electron chi connectivity index (χ2n) is 6.09. The third-order valence-corrected chi connectivity index (χ3v) is 4.95. The van der Waals surface area contributed by atoms with E-state index < -0.39 is 4.92 Å². The highest BCUT2D eigenvalue weighted by Gasteiger charge is 2.24. The zero-order valence-corrected chi connectivity index (χ0v) is 15.8. The highest BCUT2D eigenvalue weighted by atomic mass is 32.1. The smallest absolute Gasteiger partial charge is 0.319 e. The standard InChI is InChI=1S/C18H15N7O2S/c1-10-5-6-12-13(8-10)28-18(22-12)24-17-14(25(26)27)16(20-9-21-17)23-15-11(2)4-3-7-19-15/h3-9H,1-2H3,(H2,19,20,21,22,23,24).